The number of nitrogens with zero attached hydrogens (tertiary/aromatic N) is 1. The average molecular weight is 153 g/mol. The molecule has 0 atom stereocenters. The molecule has 1 rings (SSSR count). The predicted octanol–water partition coefficient (Wildman–Crippen LogP) is 2.44. The fourth-order valence-corrected chi connectivity index (χ4v) is 1.61. The normalized spacial score (nSPS) is 20.1. The van der Waals surface area contributed by atoms with E-state index in [4.69, 9.17) is 0 Å². The third-order valence-electron chi connectivity index (χ3n) is 2.28. The molecule has 0 unspecified atom stereocenters. The lowest BCUT2D eigenvalue weighted by atomic mass is 10.3. The maximum absolute atomic E-state index is 2.57. The molecule has 0 aromatic heterocycles. The van der Waals surface area contributed by atoms with Gasteiger partial charge in [-0.3, -0.25) is 0 Å². The van der Waals surface area contributed by atoms with Gasteiger partial charge in [0.15, 0.2) is 0 Å². The summed E-state index contributed by atoms with van der Waals surface area (Å²) < 4.78 is 0. The molecule has 1 aliphatic rings. The van der Waals surface area contributed by atoms with E-state index in [-0.39, 0.29) is 0 Å². The molecule has 0 amide bonds. The zero-order valence-corrected chi connectivity index (χ0v) is 7.55. The van der Waals surface area contributed by atoms with Crippen LogP contribution in [-0.2, 0) is 0 Å². The van der Waals surface area contributed by atoms with Crippen LogP contribution in [0.4, 0.5) is 0 Å². The molecule has 1 saturated heterocycles. The quantitative estimate of drug-likeness (QED) is 0.443. The van der Waals surface area contributed by atoms with E-state index < -0.39 is 0 Å². The van der Waals surface area contributed by atoms with Crippen LogP contribution >= 0.6 is 0 Å². The van der Waals surface area contributed by atoms with Gasteiger partial charge in [-0.1, -0.05) is 12.2 Å². The highest BCUT2D eigenvalue weighted by atomic mass is 15.1. The van der Waals surface area contributed by atoms with Crippen molar-refractivity contribution in [3.05, 3.63) is 12.2 Å². The van der Waals surface area contributed by atoms with E-state index in [1.807, 2.05) is 0 Å². The minimum atomic E-state index is 1.26. The Balaban J connectivity index is 1.93. The Kier molecular flexibility index (Phi) is 4.29. The average Bonchev–Trinajstić information content (AvgIpc) is 2.50. The molecule has 0 aromatic rings. The maximum Gasteiger partial charge on any atom is -0.00158 e. The van der Waals surface area contributed by atoms with E-state index >= 15 is 0 Å². The topological polar surface area (TPSA) is 3.24 Å². The summed E-state index contributed by atoms with van der Waals surface area (Å²) in [5, 5.41) is 0. The second-order valence-electron chi connectivity index (χ2n) is 3.26. The molecule has 64 valence electrons. The number of rotatable bonds is 4. The van der Waals surface area contributed by atoms with Gasteiger partial charge in [0, 0.05) is 0 Å². The van der Waals surface area contributed by atoms with Crippen LogP contribution in [0.3, 0.4) is 0 Å². The molecule has 1 fully saturated rings. The second-order valence-corrected chi connectivity index (χ2v) is 3.26. The SMILES string of the molecule is C/C=C/CCCN1CCCC1. The first-order valence-electron chi connectivity index (χ1n) is 4.77. The van der Waals surface area contributed by atoms with Gasteiger partial charge in [0.1, 0.15) is 0 Å². The van der Waals surface area contributed by atoms with E-state index in [0.717, 1.165) is 0 Å². The predicted molar refractivity (Wildman–Crippen MR) is 49.7 cm³/mol. The van der Waals surface area contributed by atoms with Crippen molar-refractivity contribution in [3.8, 4) is 0 Å². The van der Waals surface area contributed by atoms with E-state index in [1.54, 1.807) is 0 Å². The van der Waals surface area contributed by atoms with E-state index in [2.05, 4.69) is 24.0 Å². The Morgan fingerprint density at radius 1 is 1.27 bits per heavy atom. The van der Waals surface area contributed by atoms with Gasteiger partial charge in [0.2, 0.25) is 0 Å². The summed E-state index contributed by atoms with van der Waals surface area (Å²) in [7, 11) is 0. The maximum atomic E-state index is 2.57. The van der Waals surface area contributed by atoms with Gasteiger partial charge >= 0.3 is 0 Å². The molecule has 1 heterocycles. The smallest absolute Gasteiger partial charge is 0.00158 e. The summed E-state index contributed by atoms with van der Waals surface area (Å²) in [6, 6.07) is 0. The van der Waals surface area contributed by atoms with Gasteiger partial charge in [0.05, 0.1) is 0 Å². The Morgan fingerprint density at radius 2 is 2.00 bits per heavy atom. The first-order chi connectivity index (χ1) is 5.43. The molecule has 0 aliphatic carbocycles. The zero-order valence-electron chi connectivity index (χ0n) is 7.55. The standard InChI is InChI=1S/C10H19N/c1-2-3-4-5-8-11-9-6-7-10-11/h2-3H,4-10H2,1H3/b3-2+. The molecule has 0 N–H and O–H groups in total. The lowest BCUT2D eigenvalue weighted by molar-refractivity contribution is 0.335. The van der Waals surface area contributed by atoms with E-state index in [1.165, 1.54) is 45.3 Å². The van der Waals surface area contributed by atoms with Gasteiger partial charge < -0.3 is 4.90 Å². The molecule has 0 aromatic carbocycles. The summed E-state index contributed by atoms with van der Waals surface area (Å²) in [4.78, 5) is 2.57. The molecular weight excluding hydrogens is 134 g/mol. The molecule has 11 heavy (non-hydrogen) atoms. The highest BCUT2D eigenvalue weighted by Gasteiger charge is 2.09. The van der Waals surface area contributed by atoms with E-state index in [0.29, 0.717) is 0 Å². The number of unbranched alkanes of at least 4 members (excludes halogenated alkanes) is 1. The van der Waals surface area contributed by atoms with Crippen LogP contribution in [-0.4, -0.2) is 24.5 Å². The van der Waals surface area contributed by atoms with Crippen molar-refractivity contribution in [1.29, 1.82) is 0 Å². The summed E-state index contributed by atoms with van der Waals surface area (Å²) in [6.45, 7) is 6.09. The summed E-state index contributed by atoms with van der Waals surface area (Å²) in [6.07, 6.45) is 9.84. The lowest BCUT2D eigenvalue weighted by Gasteiger charge is -2.12. The number of likely N-dealkylation sites (tertiary alicyclic amines) is 1. The summed E-state index contributed by atoms with van der Waals surface area (Å²) in [5.41, 5.74) is 0. The highest BCUT2D eigenvalue weighted by Crippen LogP contribution is 2.08. The fourth-order valence-electron chi connectivity index (χ4n) is 1.61. The zero-order chi connectivity index (χ0) is 7.94. The second kappa shape index (κ2) is 5.36. The largest absolute Gasteiger partial charge is 0.303 e. The van der Waals surface area contributed by atoms with Crippen LogP contribution in [0.5, 0.6) is 0 Å². The van der Waals surface area contributed by atoms with Gasteiger partial charge in [-0.2, -0.15) is 0 Å². The molecule has 0 radical (unpaired) electrons. The molecule has 0 bridgehead atoms. The first-order valence-corrected chi connectivity index (χ1v) is 4.77. The van der Waals surface area contributed by atoms with Crippen LogP contribution in [0.2, 0.25) is 0 Å². The van der Waals surface area contributed by atoms with Crippen LogP contribution < -0.4 is 0 Å². The molecule has 0 spiro atoms. The molecule has 1 nitrogen and oxygen atoms in total. The van der Waals surface area contributed by atoms with Gasteiger partial charge in [-0.25, -0.2) is 0 Å². The molecular formula is C10H19N. The minimum absolute atomic E-state index is 1.26. The Labute approximate surface area is 70.1 Å². The van der Waals surface area contributed by atoms with Crippen LogP contribution in [0.1, 0.15) is 32.6 Å². The van der Waals surface area contributed by atoms with Gasteiger partial charge in [-0.15, -0.1) is 0 Å². The van der Waals surface area contributed by atoms with Crippen LogP contribution in [0, 0.1) is 0 Å². The van der Waals surface area contributed by atoms with Crippen LogP contribution in [0.15, 0.2) is 12.2 Å². The lowest BCUT2D eigenvalue weighted by Crippen LogP contribution is -2.19. The summed E-state index contributed by atoms with van der Waals surface area (Å²) >= 11 is 0. The third-order valence-corrected chi connectivity index (χ3v) is 2.28. The van der Waals surface area contributed by atoms with Gasteiger partial charge in [-0.05, 0) is 52.2 Å². The number of allylic oxidation sites excluding steroid dienone is 2. The third kappa shape index (κ3) is 3.57. The van der Waals surface area contributed by atoms with Crippen molar-refractivity contribution in [1.82, 2.24) is 4.90 Å². The van der Waals surface area contributed by atoms with E-state index in [9.17, 15) is 0 Å². The molecule has 0 saturated carbocycles. The molecule has 1 heteroatoms. The monoisotopic (exact) mass is 153 g/mol. The Bertz CT molecular complexity index is 112. The number of hydrogen-bond donors (Lipinski definition) is 0. The van der Waals surface area contributed by atoms with Crippen molar-refractivity contribution in [2.45, 2.75) is 32.6 Å². The Morgan fingerprint density at radius 3 is 2.64 bits per heavy atom. The van der Waals surface area contributed by atoms with Crippen LogP contribution in [0.25, 0.3) is 0 Å². The number of hydrogen-bond acceptors (Lipinski definition) is 1. The summed E-state index contributed by atoms with van der Waals surface area (Å²) in [5.74, 6) is 0. The van der Waals surface area contributed by atoms with Gasteiger partial charge in [0.25, 0.3) is 0 Å². The molecule has 1 aliphatic heterocycles. The van der Waals surface area contributed by atoms with Crippen molar-refractivity contribution in [2.24, 2.45) is 0 Å². The minimum Gasteiger partial charge on any atom is -0.303 e. The fraction of sp³-hybridized carbons (Fsp3) is 0.800. The highest BCUT2D eigenvalue weighted by molar-refractivity contribution is 4.77. The first kappa shape index (κ1) is 8.79. The van der Waals surface area contributed by atoms with Crippen molar-refractivity contribution in [2.75, 3.05) is 19.6 Å². The Hall–Kier alpha value is -0.300. The van der Waals surface area contributed by atoms with Crippen molar-refractivity contribution in [3.63, 3.8) is 0 Å². The van der Waals surface area contributed by atoms with Crippen molar-refractivity contribution < 1.29 is 0 Å². The van der Waals surface area contributed by atoms with Crippen molar-refractivity contribution >= 4 is 0 Å².